The van der Waals surface area contributed by atoms with Gasteiger partial charge in [0, 0.05) is 47.7 Å². The third-order valence-corrected chi connectivity index (χ3v) is 6.00. The number of carbonyl (C=O) groups is 1. The van der Waals surface area contributed by atoms with Gasteiger partial charge in [-0.15, -0.1) is 0 Å². The molecule has 5 heteroatoms. The molecule has 0 saturated heterocycles. The molecule has 0 radical (unpaired) electrons. The number of carboxylic acids is 1. The molecule has 33 heavy (non-hydrogen) atoms. The van der Waals surface area contributed by atoms with Crippen LogP contribution in [0, 0.1) is 13.8 Å². The van der Waals surface area contributed by atoms with Crippen LogP contribution in [-0.4, -0.2) is 28.2 Å². The monoisotopic (exact) mass is 444 g/mol. The van der Waals surface area contributed by atoms with Crippen molar-refractivity contribution in [2.75, 3.05) is 11.4 Å². The fourth-order valence-electron chi connectivity index (χ4n) is 4.52. The first-order chi connectivity index (χ1) is 15.6. The lowest BCUT2D eigenvalue weighted by molar-refractivity contribution is -0.160. The van der Waals surface area contributed by atoms with E-state index in [4.69, 9.17) is 9.72 Å². The second-order valence-corrected chi connectivity index (χ2v) is 9.73. The Morgan fingerprint density at radius 3 is 2.33 bits per heavy atom. The SMILES string of the molecule is Cc1ccc(-c2c3c(nc(C)c2C(OC(C)(C)C)C(=O)O)CCN(c2ccccc2)C3)cc1. The maximum Gasteiger partial charge on any atom is 0.337 e. The van der Waals surface area contributed by atoms with Crippen molar-refractivity contribution in [3.63, 3.8) is 0 Å². The van der Waals surface area contributed by atoms with Crippen molar-refractivity contribution in [2.45, 2.75) is 59.3 Å². The van der Waals surface area contributed by atoms with Crippen LogP contribution < -0.4 is 4.90 Å². The second kappa shape index (κ2) is 8.99. The highest BCUT2D eigenvalue weighted by molar-refractivity contribution is 5.83. The quantitative estimate of drug-likeness (QED) is 0.533. The van der Waals surface area contributed by atoms with E-state index in [9.17, 15) is 9.90 Å². The summed E-state index contributed by atoms with van der Waals surface area (Å²) in [6.45, 7) is 11.1. The van der Waals surface area contributed by atoms with E-state index in [0.717, 1.165) is 46.6 Å². The Bertz CT molecular complexity index is 1150. The van der Waals surface area contributed by atoms with E-state index in [2.05, 4.69) is 48.2 Å². The number of benzene rings is 2. The van der Waals surface area contributed by atoms with Crippen molar-refractivity contribution in [1.82, 2.24) is 4.98 Å². The Morgan fingerprint density at radius 2 is 1.73 bits per heavy atom. The highest BCUT2D eigenvalue weighted by Crippen LogP contribution is 2.40. The maximum absolute atomic E-state index is 12.5. The lowest BCUT2D eigenvalue weighted by Gasteiger charge is -2.34. The van der Waals surface area contributed by atoms with Crippen LogP contribution in [-0.2, 0) is 22.5 Å². The molecule has 1 atom stereocenters. The topological polar surface area (TPSA) is 62.7 Å². The molecule has 0 aliphatic carbocycles. The van der Waals surface area contributed by atoms with Crippen LogP contribution >= 0.6 is 0 Å². The van der Waals surface area contributed by atoms with Gasteiger partial charge in [0.25, 0.3) is 0 Å². The first kappa shape index (κ1) is 23.0. The molecule has 2 heterocycles. The molecule has 2 aromatic carbocycles. The number of aromatic nitrogens is 1. The number of carboxylic acid groups (broad SMARTS) is 1. The Labute approximate surface area is 196 Å². The van der Waals surface area contributed by atoms with Crippen LogP contribution in [0.1, 0.15) is 55.0 Å². The van der Waals surface area contributed by atoms with Gasteiger partial charge in [-0.1, -0.05) is 48.0 Å². The number of aryl methyl sites for hydroxylation is 2. The van der Waals surface area contributed by atoms with Crippen LogP contribution in [0.3, 0.4) is 0 Å². The molecular formula is C28H32N2O3. The van der Waals surface area contributed by atoms with Crippen molar-refractivity contribution in [3.05, 3.63) is 82.7 Å². The number of nitrogens with zero attached hydrogens (tertiary/aromatic N) is 2. The van der Waals surface area contributed by atoms with Crippen molar-refractivity contribution < 1.29 is 14.6 Å². The Morgan fingerprint density at radius 1 is 1.06 bits per heavy atom. The molecule has 1 aliphatic rings. The van der Waals surface area contributed by atoms with Gasteiger partial charge in [0.1, 0.15) is 0 Å². The van der Waals surface area contributed by atoms with Crippen LogP contribution in [0.15, 0.2) is 54.6 Å². The van der Waals surface area contributed by atoms with E-state index in [1.807, 2.05) is 45.9 Å². The summed E-state index contributed by atoms with van der Waals surface area (Å²) in [5.74, 6) is -1.00. The number of hydrogen-bond acceptors (Lipinski definition) is 4. The number of para-hydroxylation sites is 1. The summed E-state index contributed by atoms with van der Waals surface area (Å²) >= 11 is 0. The largest absolute Gasteiger partial charge is 0.479 e. The first-order valence-electron chi connectivity index (χ1n) is 11.4. The molecule has 172 valence electrons. The molecule has 4 rings (SSSR count). The van der Waals surface area contributed by atoms with E-state index >= 15 is 0 Å². The molecule has 1 unspecified atom stereocenters. The van der Waals surface area contributed by atoms with Crippen LogP contribution in [0.25, 0.3) is 11.1 Å². The van der Waals surface area contributed by atoms with Gasteiger partial charge in [0.05, 0.1) is 5.60 Å². The summed E-state index contributed by atoms with van der Waals surface area (Å²) in [6.07, 6.45) is -0.298. The molecule has 0 fully saturated rings. The van der Waals surface area contributed by atoms with Crippen molar-refractivity contribution in [3.8, 4) is 11.1 Å². The van der Waals surface area contributed by atoms with Crippen molar-refractivity contribution in [1.29, 1.82) is 0 Å². The molecule has 1 aromatic heterocycles. The van der Waals surface area contributed by atoms with Crippen molar-refractivity contribution in [2.24, 2.45) is 0 Å². The standard InChI is InChI=1S/C28H32N2O3/c1-18-11-13-20(14-12-18)25-22-17-30(21-9-7-6-8-10-21)16-15-23(22)29-19(2)24(25)26(27(31)32)33-28(3,4)5/h6-14,26H,15-17H2,1-5H3,(H,31,32). The Balaban J connectivity index is 1.93. The Kier molecular flexibility index (Phi) is 6.26. The zero-order valence-corrected chi connectivity index (χ0v) is 20.1. The average molecular weight is 445 g/mol. The number of fused-ring (bicyclic) bond motifs is 1. The minimum atomic E-state index is -1.11. The molecule has 0 spiro atoms. The highest BCUT2D eigenvalue weighted by atomic mass is 16.5. The number of anilines is 1. The summed E-state index contributed by atoms with van der Waals surface area (Å²) in [6, 6.07) is 18.6. The van der Waals surface area contributed by atoms with Gasteiger partial charge in [-0.25, -0.2) is 4.79 Å². The van der Waals surface area contributed by atoms with E-state index < -0.39 is 17.7 Å². The third-order valence-electron chi connectivity index (χ3n) is 6.00. The second-order valence-electron chi connectivity index (χ2n) is 9.73. The predicted molar refractivity (Wildman–Crippen MR) is 132 cm³/mol. The van der Waals surface area contributed by atoms with Gasteiger partial charge in [-0.2, -0.15) is 0 Å². The summed E-state index contributed by atoms with van der Waals surface area (Å²) in [5, 5.41) is 10.2. The lowest BCUT2D eigenvalue weighted by Crippen LogP contribution is -2.33. The van der Waals surface area contributed by atoms with E-state index in [1.54, 1.807) is 0 Å². The lowest BCUT2D eigenvalue weighted by atomic mass is 9.87. The van der Waals surface area contributed by atoms with E-state index in [-0.39, 0.29) is 0 Å². The van der Waals surface area contributed by atoms with E-state index in [1.165, 1.54) is 0 Å². The summed E-state index contributed by atoms with van der Waals surface area (Å²) < 4.78 is 6.10. The van der Waals surface area contributed by atoms with E-state index in [0.29, 0.717) is 17.8 Å². The molecular weight excluding hydrogens is 412 g/mol. The molecule has 0 bridgehead atoms. The maximum atomic E-state index is 12.5. The molecule has 0 amide bonds. The number of rotatable bonds is 5. The molecule has 1 aliphatic heterocycles. The smallest absolute Gasteiger partial charge is 0.337 e. The molecule has 1 N–H and O–H groups in total. The van der Waals surface area contributed by atoms with Crippen LogP contribution in [0.5, 0.6) is 0 Å². The summed E-state index contributed by atoms with van der Waals surface area (Å²) in [4.78, 5) is 19.7. The van der Waals surface area contributed by atoms with Gasteiger partial charge < -0.3 is 14.7 Å². The van der Waals surface area contributed by atoms with Crippen LogP contribution in [0.4, 0.5) is 5.69 Å². The normalized spacial score (nSPS) is 14.6. The minimum Gasteiger partial charge on any atom is -0.479 e. The first-order valence-corrected chi connectivity index (χ1v) is 11.4. The van der Waals surface area contributed by atoms with Gasteiger partial charge >= 0.3 is 5.97 Å². The third kappa shape index (κ3) is 4.93. The number of hydrogen-bond donors (Lipinski definition) is 1. The van der Waals surface area contributed by atoms with Gasteiger partial charge in [-0.05, 0) is 57.9 Å². The predicted octanol–water partition coefficient (Wildman–Crippen LogP) is 5.87. The molecule has 3 aromatic rings. The molecule has 5 nitrogen and oxygen atoms in total. The zero-order chi connectivity index (χ0) is 23.8. The number of ether oxygens (including phenoxy) is 1. The number of pyridine rings is 1. The highest BCUT2D eigenvalue weighted by Gasteiger charge is 2.34. The van der Waals surface area contributed by atoms with Crippen molar-refractivity contribution >= 4 is 11.7 Å². The molecule has 0 saturated carbocycles. The average Bonchev–Trinajstić information content (AvgIpc) is 2.77. The van der Waals surface area contributed by atoms with Crippen LogP contribution in [0.2, 0.25) is 0 Å². The fourth-order valence-corrected chi connectivity index (χ4v) is 4.52. The van der Waals surface area contributed by atoms with Gasteiger partial charge in [-0.3, -0.25) is 4.98 Å². The summed E-state index contributed by atoms with van der Waals surface area (Å²) in [5.41, 5.74) is 7.12. The number of aliphatic carboxylic acids is 1. The fraction of sp³-hybridized carbons (Fsp3) is 0.357. The van der Waals surface area contributed by atoms with Gasteiger partial charge in [0.15, 0.2) is 6.10 Å². The minimum absolute atomic E-state index is 0.619. The van der Waals surface area contributed by atoms with Gasteiger partial charge in [0.2, 0.25) is 0 Å². The zero-order valence-electron chi connectivity index (χ0n) is 20.1. The Hall–Kier alpha value is -3.18. The summed E-state index contributed by atoms with van der Waals surface area (Å²) in [7, 11) is 0.